The van der Waals surface area contributed by atoms with Crippen molar-refractivity contribution in [1.82, 2.24) is 0 Å². The Bertz CT molecular complexity index is 1350. The summed E-state index contributed by atoms with van der Waals surface area (Å²) in [4.78, 5) is 16.7. The molecule has 4 aromatic rings. The molecule has 0 radical (unpaired) electrons. The quantitative estimate of drug-likeness (QED) is 0.280. The Labute approximate surface area is 212 Å². The molecule has 180 valence electrons. The van der Waals surface area contributed by atoms with Crippen LogP contribution >= 0.6 is 0 Å². The monoisotopic (exact) mass is 475 g/mol. The summed E-state index contributed by atoms with van der Waals surface area (Å²) in [6.45, 7) is 3.08. The molecule has 4 heteroatoms. The molecule has 2 heterocycles. The van der Waals surface area contributed by atoms with E-state index >= 15 is 0 Å². The van der Waals surface area contributed by atoms with E-state index in [1.165, 1.54) is 0 Å². The van der Waals surface area contributed by atoms with E-state index in [0.717, 1.165) is 52.3 Å². The predicted octanol–water partition coefficient (Wildman–Crippen LogP) is 6.68. The van der Waals surface area contributed by atoms with Crippen molar-refractivity contribution in [3.05, 3.63) is 125 Å². The van der Waals surface area contributed by atoms with Crippen molar-refractivity contribution in [1.29, 1.82) is 0 Å². The van der Waals surface area contributed by atoms with Gasteiger partial charge in [-0.15, -0.1) is 0 Å². The van der Waals surface area contributed by atoms with Crippen molar-refractivity contribution in [3.63, 3.8) is 0 Å². The number of ether oxygens (including phenoxy) is 2. The van der Waals surface area contributed by atoms with E-state index in [4.69, 9.17) is 9.47 Å². The zero-order valence-corrected chi connectivity index (χ0v) is 20.4. The van der Waals surface area contributed by atoms with Crippen molar-refractivity contribution in [2.45, 2.75) is 31.2 Å². The summed E-state index contributed by atoms with van der Waals surface area (Å²) in [6, 6.07) is 34.3. The molecular weight excluding hydrogens is 446 g/mol. The van der Waals surface area contributed by atoms with Gasteiger partial charge >= 0.3 is 0 Å². The lowest BCUT2D eigenvalue weighted by Crippen LogP contribution is -2.44. The number of para-hydroxylation sites is 1. The first-order chi connectivity index (χ1) is 17.7. The molecule has 1 atom stereocenters. The van der Waals surface area contributed by atoms with Crippen LogP contribution in [0.5, 0.6) is 11.5 Å². The molecular formula is C32H29NO3. The average Bonchev–Trinajstić information content (AvgIpc) is 3.43. The van der Waals surface area contributed by atoms with E-state index in [-0.39, 0.29) is 18.6 Å². The largest absolute Gasteiger partial charge is 0.494 e. The summed E-state index contributed by atoms with van der Waals surface area (Å²) in [6.07, 6.45) is 2.06. The van der Waals surface area contributed by atoms with Crippen molar-refractivity contribution < 1.29 is 14.3 Å². The molecule has 36 heavy (non-hydrogen) atoms. The average molecular weight is 476 g/mol. The minimum Gasteiger partial charge on any atom is -0.494 e. The maximum absolute atomic E-state index is 14.7. The third-order valence-electron chi connectivity index (χ3n) is 7.32. The van der Waals surface area contributed by atoms with Crippen LogP contribution in [0.2, 0.25) is 0 Å². The second kappa shape index (κ2) is 9.19. The van der Waals surface area contributed by atoms with Crippen LogP contribution in [0.1, 0.15) is 48.1 Å². The van der Waals surface area contributed by atoms with Gasteiger partial charge in [0.2, 0.25) is 5.91 Å². The van der Waals surface area contributed by atoms with Gasteiger partial charge in [0.15, 0.2) is 0 Å². The zero-order chi connectivity index (χ0) is 24.5. The van der Waals surface area contributed by atoms with Crippen LogP contribution in [0.15, 0.2) is 103 Å². The van der Waals surface area contributed by atoms with Gasteiger partial charge in [-0.25, -0.2) is 0 Å². The van der Waals surface area contributed by atoms with Crippen LogP contribution in [-0.4, -0.2) is 19.1 Å². The van der Waals surface area contributed by atoms with Gasteiger partial charge in [-0.05, 0) is 47.4 Å². The molecule has 6 rings (SSSR count). The summed E-state index contributed by atoms with van der Waals surface area (Å²) in [7, 11) is 0. The van der Waals surface area contributed by atoms with Crippen molar-refractivity contribution in [2.24, 2.45) is 0 Å². The number of anilines is 1. The molecule has 0 N–H and O–H groups in total. The van der Waals surface area contributed by atoms with Crippen LogP contribution in [0.25, 0.3) is 0 Å². The fourth-order valence-corrected chi connectivity index (χ4v) is 5.55. The number of hydrogen-bond acceptors (Lipinski definition) is 3. The lowest BCUT2D eigenvalue weighted by molar-refractivity contribution is -0.122. The van der Waals surface area contributed by atoms with Gasteiger partial charge in [0, 0.05) is 11.3 Å². The molecule has 0 fully saturated rings. The molecule has 1 amide bonds. The lowest BCUT2D eigenvalue weighted by Gasteiger charge is -2.31. The Balaban J connectivity index is 1.51. The lowest BCUT2D eigenvalue weighted by atomic mass is 9.77. The van der Waals surface area contributed by atoms with Crippen LogP contribution < -0.4 is 14.4 Å². The van der Waals surface area contributed by atoms with Gasteiger partial charge in [0.25, 0.3) is 0 Å². The first-order valence-corrected chi connectivity index (χ1v) is 12.7. The number of nitrogens with zero attached hydrogens (tertiary/aromatic N) is 1. The number of amides is 1. The number of carbonyl (C=O) groups excluding carboxylic acids is 1. The van der Waals surface area contributed by atoms with Gasteiger partial charge in [0.05, 0.1) is 12.6 Å². The summed E-state index contributed by atoms with van der Waals surface area (Å²) >= 11 is 0. The molecule has 1 spiro atoms. The molecule has 2 aliphatic heterocycles. The highest BCUT2D eigenvalue weighted by Gasteiger charge is 2.58. The summed E-state index contributed by atoms with van der Waals surface area (Å²) in [5, 5.41) is 0. The number of benzene rings is 4. The summed E-state index contributed by atoms with van der Waals surface area (Å²) < 4.78 is 12.2. The Kier molecular flexibility index (Phi) is 5.73. The van der Waals surface area contributed by atoms with Gasteiger partial charge in [0.1, 0.15) is 23.5 Å². The zero-order valence-electron chi connectivity index (χ0n) is 20.4. The van der Waals surface area contributed by atoms with E-state index in [1.54, 1.807) is 0 Å². The Morgan fingerprint density at radius 2 is 1.53 bits per heavy atom. The first-order valence-electron chi connectivity index (χ1n) is 12.7. The fourth-order valence-electron chi connectivity index (χ4n) is 5.55. The fraction of sp³-hybridized carbons (Fsp3) is 0.219. The number of rotatable bonds is 7. The number of unbranched alkanes of at least 4 members (excludes halogenated alkanes) is 1. The van der Waals surface area contributed by atoms with Crippen molar-refractivity contribution in [2.75, 3.05) is 18.1 Å². The van der Waals surface area contributed by atoms with E-state index in [9.17, 15) is 4.79 Å². The predicted molar refractivity (Wildman–Crippen MR) is 142 cm³/mol. The minimum atomic E-state index is -0.905. The molecule has 4 aromatic carbocycles. The summed E-state index contributed by atoms with van der Waals surface area (Å²) in [5.41, 5.74) is 4.03. The molecule has 0 aromatic heterocycles. The molecule has 0 saturated carbocycles. The van der Waals surface area contributed by atoms with Gasteiger partial charge in [-0.2, -0.15) is 0 Å². The van der Waals surface area contributed by atoms with E-state index in [0.29, 0.717) is 6.61 Å². The van der Waals surface area contributed by atoms with Gasteiger partial charge < -0.3 is 9.47 Å². The maximum atomic E-state index is 14.7. The third kappa shape index (κ3) is 3.48. The van der Waals surface area contributed by atoms with Crippen molar-refractivity contribution >= 4 is 11.6 Å². The first kappa shape index (κ1) is 22.4. The molecule has 4 nitrogen and oxygen atoms in total. The van der Waals surface area contributed by atoms with Gasteiger partial charge in [-0.3, -0.25) is 9.69 Å². The van der Waals surface area contributed by atoms with E-state index < -0.39 is 5.41 Å². The molecule has 0 aliphatic carbocycles. The molecule has 0 saturated heterocycles. The molecule has 2 aliphatic rings. The standard InChI is InChI=1S/C32H29NO3/c1-2-3-20-35-25-18-19-29-27(21-25)32(22-36-29)26-16-10-11-17-28(26)33(31(32)34)30(23-12-6-4-7-13-23)24-14-8-5-9-15-24/h4-19,21,30H,2-3,20,22H2,1H3. The van der Waals surface area contributed by atoms with E-state index in [1.807, 2.05) is 71.6 Å². The highest BCUT2D eigenvalue weighted by atomic mass is 16.5. The topological polar surface area (TPSA) is 38.8 Å². The number of carbonyl (C=O) groups is 1. The Hall–Kier alpha value is -4.05. The smallest absolute Gasteiger partial charge is 0.246 e. The van der Waals surface area contributed by atoms with Gasteiger partial charge in [-0.1, -0.05) is 92.2 Å². The molecule has 0 bridgehead atoms. The number of fused-ring (bicyclic) bond motifs is 4. The van der Waals surface area contributed by atoms with Crippen LogP contribution in [0.4, 0.5) is 5.69 Å². The van der Waals surface area contributed by atoms with Crippen LogP contribution in [-0.2, 0) is 10.2 Å². The van der Waals surface area contributed by atoms with Crippen LogP contribution in [0, 0.1) is 0 Å². The second-order valence-corrected chi connectivity index (χ2v) is 9.47. The SMILES string of the molecule is CCCCOc1ccc2c(c1)C1(CO2)C(=O)N(C(c2ccccc2)c2ccccc2)c2ccccc21. The minimum absolute atomic E-state index is 0.0332. The van der Waals surface area contributed by atoms with Crippen LogP contribution in [0.3, 0.4) is 0 Å². The Morgan fingerprint density at radius 3 is 2.22 bits per heavy atom. The summed E-state index contributed by atoms with van der Waals surface area (Å²) in [5.74, 6) is 1.56. The Morgan fingerprint density at radius 1 is 0.861 bits per heavy atom. The second-order valence-electron chi connectivity index (χ2n) is 9.47. The third-order valence-corrected chi connectivity index (χ3v) is 7.32. The number of hydrogen-bond donors (Lipinski definition) is 0. The van der Waals surface area contributed by atoms with Crippen molar-refractivity contribution in [3.8, 4) is 11.5 Å². The van der Waals surface area contributed by atoms with E-state index in [2.05, 4.69) is 43.3 Å². The highest BCUT2D eigenvalue weighted by molar-refractivity contribution is 6.12. The highest BCUT2D eigenvalue weighted by Crippen LogP contribution is 2.55. The molecule has 1 unspecified atom stereocenters. The normalized spacial score (nSPS) is 17.8. The maximum Gasteiger partial charge on any atom is 0.246 e.